The second-order valence-corrected chi connectivity index (χ2v) is 4.71. The van der Waals surface area contributed by atoms with Gasteiger partial charge in [0.05, 0.1) is 6.20 Å². The van der Waals surface area contributed by atoms with Gasteiger partial charge in [-0.3, -0.25) is 4.98 Å². The first kappa shape index (κ1) is 12.5. The van der Waals surface area contributed by atoms with Gasteiger partial charge in [0.2, 0.25) is 0 Å². The fourth-order valence-electron chi connectivity index (χ4n) is 2.18. The van der Waals surface area contributed by atoms with Crippen LogP contribution in [0.3, 0.4) is 0 Å². The number of hydrogen-bond donors (Lipinski definition) is 2. The minimum atomic E-state index is -0.461. The van der Waals surface area contributed by atoms with E-state index in [1.165, 1.54) is 18.3 Å². The van der Waals surface area contributed by atoms with E-state index in [1.807, 2.05) is 0 Å². The van der Waals surface area contributed by atoms with Crippen LogP contribution in [-0.4, -0.2) is 19.9 Å². The zero-order chi connectivity index (χ0) is 15.1. The lowest BCUT2D eigenvalue weighted by Crippen LogP contribution is -2.08. The number of benzene rings is 1. The lowest BCUT2D eigenvalue weighted by atomic mass is 10.2. The summed E-state index contributed by atoms with van der Waals surface area (Å²) in [6, 6.07) is 9.54. The third kappa shape index (κ3) is 2.08. The van der Waals surface area contributed by atoms with E-state index in [0.29, 0.717) is 28.5 Å². The number of fused-ring (bicyclic) bond motifs is 1. The molecule has 108 valence electrons. The van der Waals surface area contributed by atoms with Gasteiger partial charge in [0.25, 0.3) is 0 Å². The Hall–Kier alpha value is -3.22. The minimum Gasteiger partial charge on any atom is -0.453 e. The molecule has 0 spiro atoms. The number of nitrogens with zero attached hydrogens (tertiary/aromatic N) is 2. The smallest absolute Gasteiger partial charge is 0.346 e. The molecule has 7 heteroatoms. The van der Waals surface area contributed by atoms with Crippen molar-refractivity contribution < 1.29 is 8.81 Å². The molecular formula is C15H9FN4O2. The van der Waals surface area contributed by atoms with Crippen molar-refractivity contribution >= 4 is 11.2 Å². The summed E-state index contributed by atoms with van der Waals surface area (Å²) in [5, 5.41) is 0. The van der Waals surface area contributed by atoms with Gasteiger partial charge in [0, 0.05) is 5.56 Å². The first-order valence-corrected chi connectivity index (χ1v) is 6.50. The predicted octanol–water partition coefficient (Wildman–Crippen LogP) is 2.71. The molecule has 1 aromatic carbocycles. The van der Waals surface area contributed by atoms with Crippen LogP contribution in [0.4, 0.5) is 4.39 Å². The Labute approximate surface area is 122 Å². The number of nitrogens with one attached hydrogen (secondary N) is 2. The highest BCUT2D eigenvalue weighted by atomic mass is 19.1. The standard InChI is InChI=1S/C15H9FN4O2/c16-9-3-1-8(2-4-9)11-5-6-12(22-11)14-18-10-7-17-15(21)20-13(10)19-14/h1-7H,(H2,17,18,19,20,21). The number of H-pyrrole nitrogens is 2. The number of rotatable bonds is 2. The van der Waals surface area contributed by atoms with E-state index in [4.69, 9.17) is 4.42 Å². The maximum absolute atomic E-state index is 12.9. The van der Waals surface area contributed by atoms with E-state index < -0.39 is 5.69 Å². The Balaban J connectivity index is 1.76. The topological polar surface area (TPSA) is 87.6 Å². The normalized spacial score (nSPS) is 11.1. The Morgan fingerprint density at radius 2 is 1.77 bits per heavy atom. The summed E-state index contributed by atoms with van der Waals surface area (Å²) < 4.78 is 18.7. The molecule has 0 atom stereocenters. The van der Waals surface area contributed by atoms with Crippen LogP contribution in [0.2, 0.25) is 0 Å². The molecule has 0 aliphatic heterocycles. The Kier molecular flexibility index (Phi) is 2.65. The summed E-state index contributed by atoms with van der Waals surface area (Å²) in [5.74, 6) is 1.29. The van der Waals surface area contributed by atoms with Crippen molar-refractivity contribution in [3.05, 3.63) is 58.9 Å². The quantitative estimate of drug-likeness (QED) is 0.595. The van der Waals surface area contributed by atoms with Gasteiger partial charge in [-0.25, -0.2) is 14.2 Å². The number of aromatic nitrogens is 4. The molecule has 3 heterocycles. The molecule has 0 saturated heterocycles. The lowest BCUT2D eigenvalue weighted by Gasteiger charge is -1.96. The first-order valence-electron chi connectivity index (χ1n) is 6.50. The summed E-state index contributed by atoms with van der Waals surface area (Å²) in [5.41, 5.74) is 1.32. The van der Waals surface area contributed by atoms with Gasteiger partial charge in [0.15, 0.2) is 17.2 Å². The Morgan fingerprint density at radius 3 is 2.59 bits per heavy atom. The van der Waals surface area contributed by atoms with Gasteiger partial charge >= 0.3 is 5.69 Å². The Bertz CT molecular complexity index is 1010. The maximum Gasteiger partial charge on any atom is 0.346 e. The highest BCUT2D eigenvalue weighted by Gasteiger charge is 2.11. The molecule has 0 amide bonds. The molecule has 3 aromatic heterocycles. The molecule has 0 bridgehead atoms. The van der Waals surface area contributed by atoms with Crippen LogP contribution in [0.5, 0.6) is 0 Å². The molecule has 4 rings (SSSR count). The summed E-state index contributed by atoms with van der Waals surface area (Å²) in [6.07, 6.45) is 1.41. The van der Waals surface area contributed by atoms with Gasteiger partial charge in [-0.1, -0.05) is 0 Å². The van der Waals surface area contributed by atoms with Crippen LogP contribution in [0.25, 0.3) is 34.1 Å². The third-order valence-corrected chi connectivity index (χ3v) is 3.24. The molecule has 0 radical (unpaired) electrons. The first-order chi connectivity index (χ1) is 10.7. The van der Waals surface area contributed by atoms with Crippen molar-refractivity contribution in [2.45, 2.75) is 0 Å². The largest absolute Gasteiger partial charge is 0.453 e. The molecular weight excluding hydrogens is 287 g/mol. The molecule has 22 heavy (non-hydrogen) atoms. The maximum atomic E-state index is 12.9. The van der Waals surface area contributed by atoms with Crippen LogP contribution < -0.4 is 5.69 Å². The number of aromatic amines is 2. The van der Waals surface area contributed by atoms with Crippen LogP contribution in [0.1, 0.15) is 0 Å². The molecule has 4 aromatic rings. The zero-order valence-corrected chi connectivity index (χ0v) is 11.1. The highest BCUT2D eigenvalue weighted by molar-refractivity contribution is 5.74. The van der Waals surface area contributed by atoms with Crippen LogP contribution in [0, 0.1) is 5.82 Å². The van der Waals surface area contributed by atoms with Crippen LogP contribution in [-0.2, 0) is 0 Å². The van der Waals surface area contributed by atoms with Gasteiger partial charge in [-0.15, -0.1) is 0 Å². The molecule has 0 saturated carbocycles. The van der Waals surface area contributed by atoms with Gasteiger partial charge in [0.1, 0.15) is 17.1 Å². The molecule has 0 aliphatic rings. The predicted molar refractivity (Wildman–Crippen MR) is 77.6 cm³/mol. The van der Waals surface area contributed by atoms with Crippen LogP contribution in [0.15, 0.2) is 51.8 Å². The average Bonchev–Trinajstić information content (AvgIpc) is 3.13. The van der Waals surface area contributed by atoms with E-state index in [0.717, 1.165) is 5.56 Å². The molecule has 0 aliphatic carbocycles. The third-order valence-electron chi connectivity index (χ3n) is 3.24. The summed E-state index contributed by atoms with van der Waals surface area (Å²) in [7, 11) is 0. The monoisotopic (exact) mass is 296 g/mol. The Morgan fingerprint density at radius 1 is 1.00 bits per heavy atom. The van der Waals surface area contributed by atoms with E-state index in [-0.39, 0.29) is 5.82 Å². The van der Waals surface area contributed by atoms with Crippen molar-refractivity contribution in [1.82, 2.24) is 19.9 Å². The lowest BCUT2D eigenvalue weighted by molar-refractivity contribution is 0.592. The molecule has 0 fully saturated rings. The SMILES string of the molecule is O=c1ncc2[nH]c(-c3ccc(-c4ccc(F)cc4)o3)nc2[nH]1. The van der Waals surface area contributed by atoms with Gasteiger partial charge in [-0.2, -0.15) is 4.98 Å². The van der Waals surface area contributed by atoms with E-state index >= 15 is 0 Å². The van der Waals surface area contributed by atoms with Crippen molar-refractivity contribution in [3.8, 4) is 22.9 Å². The van der Waals surface area contributed by atoms with Gasteiger partial charge < -0.3 is 9.40 Å². The second-order valence-electron chi connectivity index (χ2n) is 4.71. The van der Waals surface area contributed by atoms with Crippen LogP contribution >= 0.6 is 0 Å². The molecule has 6 nitrogen and oxygen atoms in total. The van der Waals surface area contributed by atoms with Crippen molar-refractivity contribution in [3.63, 3.8) is 0 Å². The summed E-state index contributed by atoms with van der Waals surface area (Å²) in [4.78, 5) is 24.6. The second kappa shape index (κ2) is 4.66. The summed E-state index contributed by atoms with van der Waals surface area (Å²) in [6.45, 7) is 0. The fourth-order valence-corrected chi connectivity index (χ4v) is 2.18. The zero-order valence-electron chi connectivity index (χ0n) is 11.1. The van der Waals surface area contributed by atoms with E-state index in [9.17, 15) is 9.18 Å². The minimum absolute atomic E-state index is 0.302. The average molecular weight is 296 g/mol. The van der Waals surface area contributed by atoms with Crippen molar-refractivity contribution in [2.75, 3.05) is 0 Å². The molecule has 0 unspecified atom stereocenters. The number of furan rings is 1. The molecule has 2 N–H and O–H groups in total. The summed E-state index contributed by atoms with van der Waals surface area (Å²) >= 11 is 0. The fraction of sp³-hybridized carbons (Fsp3) is 0. The number of hydrogen-bond acceptors (Lipinski definition) is 4. The van der Waals surface area contributed by atoms with Crippen molar-refractivity contribution in [1.29, 1.82) is 0 Å². The van der Waals surface area contributed by atoms with Crippen molar-refractivity contribution in [2.24, 2.45) is 0 Å². The van der Waals surface area contributed by atoms with E-state index in [2.05, 4.69) is 19.9 Å². The highest BCUT2D eigenvalue weighted by Crippen LogP contribution is 2.27. The number of imidazole rings is 1. The number of halogens is 1. The van der Waals surface area contributed by atoms with E-state index in [1.54, 1.807) is 24.3 Å². The van der Waals surface area contributed by atoms with Gasteiger partial charge in [-0.05, 0) is 36.4 Å².